The summed E-state index contributed by atoms with van der Waals surface area (Å²) in [5.41, 5.74) is 6.08. The maximum atomic E-state index is 13.6. The molecule has 0 amide bonds. The average Bonchev–Trinajstić information content (AvgIpc) is 2.89. The summed E-state index contributed by atoms with van der Waals surface area (Å²) in [5.74, 6) is -0.971. The van der Waals surface area contributed by atoms with Crippen molar-refractivity contribution >= 4 is 45.6 Å². The molecule has 0 aliphatic rings. The number of ketones is 1. The zero-order chi connectivity index (χ0) is 15.1. The number of fused-ring (bicyclic) bond motifs is 1. The molecular weight excluding hydrogens is 316 g/mol. The van der Waals surface area contributed by atoms with Gasteiger partial charge in [0.2, 0.25) is 5.78 Å². The predicted molar refractivity (Wildman–Crippen MR) is 80.5 cm³/mol. The summed E-state index contributed by atoms with van der Waals surface area (Å²) in [6, 6.07) is 8.72. The van der Waals surface area contributed by atoms with Gasteiger partial charge >= 0.3 is 0 Å². The number of benzene rings is 2. The van der Waals surface area contributed by atoms with Gasteiger partial charge in [0.15, 0.2) is 17.2 Å². The fourth-order valence-corrected chi connectivity index (χ4v) is 2.48. The Morgan fingerprint density at radius 3 is 2.43 bits per heavy atom. The highest BCUT2D eigenvalue weighted by atomic mass is 35.5. The van der Waals surface area contributed by atoms with Crippen molar-refractivity contribution in [1.82, 2.24) is 0 Å². The van der Waals surface area contributed by atoms with Crippen molar-refractivity contribution in [2.24, 2.45) is 0 Å². The molecule has 0 unspecified atom stereocenters. The van der Waals surface area contributed by atoms with Crippen LogP contribution in [-0.2, 0) is 0 Å². The van der Waals surface area contributed by atoms with Crippen LogP contribution in [0.1, 0.15) is 16.1 Å². The molecule has 0 aliphatic carbocycles. The maximum Gasteiger partial charge on any atom is 0.228 e. The minimum atomic E-state index is -0.528. The van der Waals surface area contributed by atoms with Crippen molar-refractivity contribution in [1.29, 1.82) is 0 Å². The maximum absolute atomic E-state index is 13.6. The molecule has 0 radical (unpaired) electrons. The van der Waals surface area contributed by atoms with Crippen LogP contribution in [0.2, 0.25) is 10.0 Å². The first kappa shape index (κ1) is 13.9. The molecule has 21 heavy (non-hydrogen) atoms. The lowest BCUT2D eigenvalue weighted by atomic mass is 10.1. The van der Waals surface area contributed by atoms with Crippen LogP contribution in [0.25, 0.3) is 11.0 Å². The number of furan rings is 1. The molecule has 3 nitrogen and oxygen atoms in total. The quantitative estimate of drug-likeness (QED) is 0.549. The van der Waals surface area contributed by atoms with Crippen LogP contribution in [0.5, 0.6) is 0 Å². The lowest BCUT2D eigenvalue weighted by Gasteiger charge is -2.04. The third-order valence-corrected chi connectivity index (χ3v) is 3.69. The van der Waals surface area contributed by atoms with Crippen molar-refractivity contribution in [2.45, 2.75) is 0 Å². The zero-order valence-corrected chi connectivity index (χ0v) is 12.0. The molecule has 3 aromatic rings. The highest BCUT2D eigenvalue weighted by molar-refractivity contribution is 6.39. The van der Waals surface area contributed by atoms with Crippen LogP contribution in [0.15, 0.2) is 40.8 Å². The molecular formula is C15H8Cl2FNO2. The van der Waals surface area contributed by atoms with E-state index in [-0.39, 0.29) is 32.6 Å². The second-order valence-corrected chi connectivity index (χ2v) is 5.27. The number of anilines is 1. The van der Waals surface area contributed by atoms with E-state index in [0.29, 0.717) is 5.39 Å². The molecule has 0 aliphatic heterocycles. The van der Waals surface area contributed by atoms with Crippen molar-refractivity contribution in [3.8, 4) is 0 Å². The van der Waals surface area contributed by atoms with Crippen LogP contribution < -0.4 is 5.73 Å². The van der Waals surface area contributed by atoms with E-state index in [1.165, 1.54) is 24.3 Å². The van der Waals surface area contributed by atoms with E-state index in [4.69, 9.17) is 33.4 Å². The Morgan fingerprint density at radius 2 is 1.81 bits per heavy atom. The van der Waals surface area contributed by atoms with Gasteiger partial charge in [0.1, 0.15) is 0 Å². The second kappa shape index (κ2) is 5.06. The smallest absolute Gasteiger partial charge is 0.228 e. The highest BCUT2D eigenvalue weighted by Gasteiger charge is 2.18. The van der Waals surface area contributed by atoms with Crippen LogP contribution in [0.4, 0.5) is 10.1 Å². The summed E-state index contributed by atoms with van der Waals surface area (Å²) in [4.78, 5) is 12.4. The number of carbonyl (C=O) groups excluding carboxylic acids is 1. The summed E-state index contributed by atoms with van der Waals surface area (Å²) in [6.07, 6.45) is 0. The predicted octanol–water partition coefficient (Wildman–Crippen LogP) is 4.69. The zero-order valence-electron chi connectivity index (χ0n) is 10.5. The molecule has 2 N–H and O–H groups in total. The van der Waals surface area contributed by atoms with Crippen LogP contribution in [-0.4, -0.2) is 5.78 Å². The molecule has 0 fully saturated rings. The van der Waals surface area contributed by atoms with E-state index >= 15 is 0 Å². The molecule has 0 spiro atoms. The summed E-state index contributed by atoms with van der Waals surface area (Å²) in [5, 5.41) is 0.854. The molecule has 0 saturated carbocycles. The number of hydrogen-bond donors (Lipinski definition) is 1. The van der Waals surface area contributed by atoms with Gasteiger partial charge in [0, 0.05) is 10.9 Å². The van der Waals surface area contributed by atoms with Gasteiger partial charge in [-0.2, -0.15) is 0 Å². The third kappa shape index (κ3) is 2.37. The summed E-state index contributed by atoms with van der Waals surface area (Å²) in [7, 11) is 0. The Morgan fingerprint density at radius 1 is 1.14 bits per heavy atom. The number of para-hydroxylation sites is 1. The van der Waals surface area contributed by atoms with Gasteiger partial charge in [0.05, 0.1) is 15.7 Å². The minimum absolute atomic E-state index is 0.00649. The molecule has 3 rings (SSSR count). The largest absolute Gasteiger partial charge is 0.449 e. The van der Waals surface area contributed by atoms with Crippen molar-refractivity contribution in [3.05, 3.63) is 63.6 Å². The van der Waals surface area contributed by atoms with Crippen molar-refractivity contribution in [3.63, 3.8) is 0 Å². The second-order valence-electron chi connectivity index (χ2n) is 4.45. The van der Waals surface area contributed by atoms with Gasteiger partial charge in [-0.05, 0) is 24.3 Å². The standard InChI is InChI=1S/C15H8Cl2FNO2/c16-9-4-8(5-10(17)13(9)19)14(20)12-6-7-2-1-3-11(18)15(7)21-12/h1-6H,19H2. The number of nitrogen functional groups attached to an aromatic ring is 1. The van der Waals surface area contributed by atoms with Crippen molar-refractivity contribution in [2.75, 3.05) is 5.73 Å². The van der Waals surface area contributed by atoms with Gasteiger partial charge in [-0.25, -0.2) is 4.39 Å². The first-order chi connectivity index (χ1) is 9.97. The molecule has 0 saturated heterocycles. The number of nitrogens with two attached hydrogens (primary N) is 1. The van der Waals surface area contributed by atoms with Crippen LogP contribution >= 0.6 is 23.2 Å². The van der Waals surface area contributed by atoms with E-state index in [0.717, 1.165) is 0 Å². The SMILES string of the molecule is Nc1c(Cl)cc(C(=O)c2cc3cccc(F)c3o2)cc1Cl. The molecule has 2 aromatic carbocycles. The Balaban J connectivity index is 2.10. The van der Waals surface area contributed by atoms with Crippen molar-refractivity contribution < 1.29 is 13.6 Å². The fraction of sp³-hybridized carbons (Fsp3) is 0. The Kier molecular flexibility index (Phi) is 3.35. The minimum Gasteiger partial charge on any atom is -0.449 e. The van der Waals surface area contributed by atoms with Crippen LogP contribution in [0.3, 0.4) is 0 Å². The molecule has 6 heteroatoms. The van der Waals surface area contributed by atoms with E-state index in [1.807, 2.05) is 0 Å². The number of hydrogen-bond acceptors (Lipinski definition) is 3. The molecule has 1 aromatic heterocycles. The van der Waals surface area contributed by atoms with Gasteiger partial charge in [0.25, 0.3) is 0 Å². The van der Waals surface area contributed by atoms with E-state index in [1.54, 1.807) is 12.1 Å². The van der Waals surface area contributed by atoms with Gasteiger partial charge in [-0.1, -0.05) is 35.3 Å². The average molecular weight is 324 g/mol. The Bertz CT molecular complexity index is 850. The molecule has 106 valence electrons. The fourth-order valence-electron chi connectivity index (χ4n) is 2.00. The van der Waals surface area contributed by atoms with E-state index in [2.05, 4.69) is 0 Å². The lowest BCUT2D eigenvalue weighted by molar-refractivity contribution is 0.101. The first-order valence-electron chi connectivity index (χ1n) is 5.94. The van der Waals surface area contributed by atoms with E-state index in [9.17, 15) is 9.18 Å². The molecule has 1 heterocycles. The number of carbonyl (C=O) groups is 1. The monoisotopic (exact) mass is 323 g/mol. The van der Waals surface area contributed by atoms with Gasteiger partial charge in [-0.15, -0.1) is 0 Å². The normalized spacial score (nSPS) is 11.0. The van der Waals surface area contributed by atoms with E-state index < -0.39 is 11.6 Å². The lowest BCUT2D eigenvalue weighted by Crippen LogP contribution is -2.01. The summed E-state index contributed by atoms with van der Waals surface area (Å²) >= 11 is 11.8. The highest BCUT2D eigenvalue weighted by Crippen LogP contribution is 2.31. The summed E-state index contributed by atoms with van der Waals surface area (Å²) in [6.45, 7) is 0. The Labute approximate surface area is 129 Å². The van der Waals surface area contributed by atoms with Gasteiger partial charge < -0.3 is 10.2 Å². The number of rotatable bonds is 2. The Hall–Kier alpha value is -2.04. The summed E-state index contributed by atoms with van der Waals surface area (Å²) < 4.78 is 18.9. The number of halogens is 3. The molecule has 0 bridgehead atoms. The van der Waals surface area contributed by atoms with Gasteiger partial charge in [-0.3, -0.25) is 4.79 Å². The molecule has 0 atom stereocenters. The third-order valence-electron chi connectivity index (χ3n) is 3.06. The van der Waals surface area contributed by atoms with Crippen LogP contribution in [0, 0.1) is 5.82 Å². The topological polar surface area (TPSA) is 56.2 Å². The first-order valence-corrected chi connectivity index (χ1v) is 6.70.